The number of hydrogen-bond acceptors (Lipinski definition) is 2. The molecule has 0 amide bonds. The minimum atomic E-state index is 0. The molecule has 4 bridgehead atoms. The van der Waals surface area contributed by atoms with Gasteiger partial charge in [0, 0.05) is 10.8 Å². The molecule has 0 N–H and O–H groups in total. The molecule has 0 spiro atoms. The van der Waals surface area contributed by atoms with Gasteiger partial charge in [-0.25, -0.2) is 9.97 Å². The maximum absolute atomic E-state index is 5.10. The van der Waals surface area contributed by atoms with E-state index in [0.717, 1.165) is 65.7 Å². The van der Waals surface area contributed by atoms with Crippen molar-refractivity contribution in [1.29, 1.82) is 0 Å². The van der Waals surface area contributed by atoms with Crippen LogP contribution in [0.3, 0.4) is 0 Å². The van der Waals surface area contributed by atoms with Crippen molar-refractivity contribution >= 4 is 65.7 Å². The normalized spacial score (nSPS) is 11.2. The molecule has 0 aliphatic rings. The molecule has 0 aliphatic carbocycles. The average Bonchev–Trinajstić information content (AvgIpc) is 2.89. The van der Waals surface area contributed by atoms with Gasteiger partial charge in [-0.05, 0) is 22.9 Å². The number of para-hydroxylation sites is 4. The largest absolute Gasteiger partial charge is 2.00 e. The fourth-order valence-electron chi connectivity index (χ4n) is 4.56. The van der Waals surface area contributed by atoms with Crippen LogP contribution in [0.15, 0.2) is 109 Å². The zero-order valence-electron chi connectivity index (χ0n) is 18.5. The van der Waals surface area contributed by atoms with Crippen LogP contribution in [0.25, 0.3) is 65.7 Å². The van der Waals surface area contributed by atoms with Gasteiger partial charge >= 0.3 is 21.1 Å². The van der Waals surface area contributed by atoms with E-state index in [-0.39, 0.29) is 21.1 Å². The Morgan fingerprint density at radius 1 is 0.400 bits per heavy atom. The number of aromatic nitrogens is 4. The van der Waals surface area contributed by atoms with Crippen molar-refractivity contribution in [1.82, 2.24) is 19.9 Å². The molecule has 168 valence electrons. The Kier molecular flexibility index (Phi) is 5.32. The van der Waals surface area contributed by atoms with Gasteiger partial charge in [0.25, 0.3) is 0 Å². The monoisotopic (exact) mass is 629 g/mol. The van der Waals surface area contributed by atoms with Crippen molar-refractivity contribution in [3.05, 3.63) is 109 Å². The van der Waals surface area contributed by atoms with E-state index in [1.807, 2.05) is 60.7 Å². The van der Waals surface area contributed by atoms with Gasteiger partial charge in [-0.15, -0.1) is 11.0 Å². The summed E-state index contributed by atoms with van der Waals surface area (Å²) < 4.78 is 0. The van der Waals surface area contributed by atoms with Crippen molar-refractivity contribution in [2.24, 2.45) is 0 Å². The Morgan fingerprint density at radius 3 is 1.23 bits per heavy atom. The van der Waals surface area contributed by atoms with Gasteiger partial charge in [0.1, 0.15) is 0 Å². The van der Waals surface area contributed by atoms with Gasteiger partial charge in [-0.1, -0.05) is 97.1 Å². The standard InChI is InChI=1S/C30H18N4.Pt/c1-3-9-23-21(7-1)25-17-15-19-13-14-20-16-18-26(34-30(20)29(19)33-25)22-8-2-4-10-24(22)32-28-12-6-5-11-27(28)31-23;/h1-18H;/q-2;+2. The fraction of sp³-hybridized carbons (Fsp3) is 0. The van der Waals surface area contributed by atoms with Crippen molar-refractivity contribution in [3.8, 4) is 0 Å². The van der Waals surface area contributed by atoms with E-state index >= 15 is 0 Å². The molecule has 35 heavy (non-hydrogen) atoms. The fourth-order valence-corrected chi connectivity index (χ4v) is 4.56. The number of rotatable bonds is 0. The summed E-state index contributed by atoms with van der Waals surface area (Å²) in [5.74, 6) is 0. The Hall–Kier alpha value is -4.01. The van der Waals surface area contributed by atoms with E-state index in [1.54, 1.807) is 0 Å². The Labute approximate surface area is 215 Å². The predicted octanol–water partition coefficient (Wildman–Crippen LogP) is 6.99. The molecule has 4 nitrogen and oxygen atoms in total. The minimum absolute atomic E-state index is 0. The van der Waals surface area contributed by atoms with Crippen LogP contribution in [-0.4, -0.2) is 9.97 Å². The second-order valence-corrected chi connectivity index (χ2v) is 8.35. The molecule has 0 aliphatic heterocycles. The van der Waals surface area contributed by atoms with E-state index in [1.165, 1.54) is 0 Å². The zero-order chi connectivity index (χ0) is 22.5. The van der Waals surface area contributed by atoms with Crippen molar-refractivity contribution in [3.63, 3.8) is 0 Å². The average molecular weight is 630 g/mol. The van der Waals surface area contributed by atoms with Crippen LogP contribution in [0.1, 0.15) is 0 Å². The summed E-state index contributed by atoms with van der Waals surface area (Å²) in [6, 6.07) is 36.8. The molecular weight excluding hydrogens is 611 g/mol. The summed E-state index contributed by atoms with van der Waals surface area (Å²) in [4.78, 5) is 20.3. The van der Waals surface area contributed by atoms with Crippen LogP contribution < -0.4 is 9.97 Å². The van der Waals surface area contributed by atoms with Crippen LogP contribution in [0.4, 0.5) is 0 Å². The molecule has 3 aromatic heterocycles. The first-order valence-electron chi connectivity index (χ1n) is 11.3. The number of fused-ring (bicyclic) bond motifs is 7. The van der Waals surface area contributed by atoms with Crippen LogP contribution >= 0.6 is 0 Å². The van der Waals surface area contributed by atoms with E-state index in [9.17, 15) is 0 Å². The third-order valence-corrected chi connectivity index (χ3v) is 6.24. The second kappa shape index (κ2) is 8.65. The Morgan fingerprint density at radius 2 is 0.771 bits per heavy atom. The SMILES string of the molecule is [Pt+2].c1ccc2[n-]c3ccccc3c3ccc4ccc5ccc(nc5c4n3)c3ccccc3[n-]c2c1. The Bertz CT molecular complexity index is 1840. The number of hydrogen-bond donors (Lipinski definition) is 0. The molecular formula is C30H18N4Pt. The van der Waals surface area contributed by atoms with Crippen LogP contribution in [0, 0.1) is 0 Å². The van der Waals surface area contributed by atoms with Crippen LogP contribution in [-0.2, 0) is 21.1 Å². The van der Waals surface area contributed by atoms with Gasteiger partial charge in [-0.2, -0.15) is 11.0 Å². The van der Waals surface area contributed by atoms with E-state index in [4.69, 9.17) is 19.9 Å². The van der Waals surface area contributed by atoms with Crippen molar-refractivity contribution < 1.29 is 21.1 Å². The third kappa shape index (κ3) is 3.67. The summed E-state index contributed by atoms with van der Waals surface area (Å²) in [6.45, 7) is 0. The molecule has 5 heteroatoms. The quantitative estimate of drug-likeness (QED) is 0.170. The van der Waals surface area contributed by atoms with Crippen LogP contribution in [0.5, 0.6) is 0 Å². The maximum Gasteiger partial charge on any atom is 2.00 e. The summed E-state index contributed by atoms with van der Waals surface area (Å²) in [7, 11) is 0. The van der Waals surface area contributed by atoms with Crippen molar-refractivity contribution in [2.45, 2.75) is 0 Å². The topological polar surface area (TPSA) is 54.0 Å². The smallest absolute Gasteiger partial charge is 0.658 e. The first-order valence-corrected chi connectivity index (χ1v) is 11.3. The molecule has 7 aromatic rings. The summed E-state index contributed by atoms with van der Waals surface area (Å²) in [5, 5.41) is 4.08. The summed E-state index contributed by atoms with van der Waals surface area (Å²) >= 11 is 0. The minimum Gasteiger partial charge on any atom is -0.658 e. The van der Waals surface area contributed by atoms with Gasteiger partial charge in [-0.3, -0.25) is 0 Å². The summed E-state index contributed by atoms with van der Waals surface area (Å²) in [6.07, 6.45) is 0. The van der Waals surface area contributed by atoms with Gasteiger partial charge in [0.2, 0.25) is 0 Å². The van der Waals surface area contributed by atoms with E-state index < -0.39 is 0 Å². The second-order valence-electron chi connectivity index (χ2n) is 8.35. The Balaban J connectivity index is 0.00000229. The molecule has 0 radical (unpaired) electrons. The van der Waals surface area contributed by atoms with E-state index in [0.29, 0.717) is 0 Å². The predicted molar refractivity (Wildman–Crippen MR) is 140 cm³/mol. The van der Waals surface area contributed by atoms with Gasteiger partial charge in [0.15, 0.2) is 0 Å². The molecule has 0 saturated carbocycles. The molecule has 3 heterocycles. The maximum atomic E-state index is 5.10. The van der Waals surface area contributed by atoms with Crippen LogP contribution in [0.2, 0.25) is 0 Å². The molecule has 7 rings (SSSR count). The first kappa shape index (κ1) is 21.5. The molecule has 0 unspecified atom stereocenters. The number of nitrogens with zero attached hydrogens (tertiary/aromatic N) is 4. The number of benzene rings is 4. The molecule has 0 fully saturated rings. The number of pyridine rings is 2. The zero-order valence-corrected chi connectivity index (χ0v) is 20.8. The van der Waals surface area contributed by atoms with E-state index in [2.05, 4.69) is 48.5 Å². The van der Waals surface area contributed by atoms with Crippen molar-refractivity contribution in [2.75, 3.05) is 0 Å². The summed E-state index contributed by atoms with van der Waals surface area (Å²) in [5.41, 5.74) is 6.86. The van der Waals surface area contributed by atoms with Gasteiger partial charge in [0.05, 0.1) is 22.1 Å². The molecule has 4 aromatic carbocycles. The third-order valence-electron chi connectivity index (χ3n) is 6.24. The molecule has 0 atom stereocenters. The first-order chi connectivity index (χ1) is 16.8. The molecule has 0 saturated heterocycles. The van der Waals surface area contributed by atoms with Gasteiger partial charge < -0.3 is 9.97 Å².